The summed E-state index contributed by atoms with van der Waals surface area (Å²) in [5, 5.41) is 4.62. The Morgan fingerprint density at radius 1 is 1.38 bits per heavy atom. The molecule has 6 heteroatoms. The van der Waals surface area contributed by atoms with E-state index >= 15 is 0 Å². The maximum atomic E-state index is 5.80. The molecule has 0 atom stereocenters. The van der Waals surface area contributed by atoms with Gasteiger partial charge in [0.25, 0.3) is 0 Å². The lowest BCUT2D eigenvalue weighted by molar-refractivity contribution is 0.579. The Bertz CT molecular complexity index is 644. The highest BCUT2D eigenvalue weighted by atomic mass is 35.5. The van der Waals surface area contributed by atoms with Crippen molar-refractivity contribution >= 4 is 23.1 Å². The van der Waals surface area contributed by atoms with Crippen LogP contribution in [0.25, 0.3) is 17.1 Å². The van der Waals surface area contributed by atoms with Gasteiger partial charge in [0, 0.05) is 12.1 Å². The van der Waals surface area contributed by atoms with Gasteiger partial charge in [0.1, 0.15) is 16.7 Å². The number of halogens is 1. The monoisotopic (exact) mass is 234 g/mol. The van der Waals surface area contributed by atoms with Crippen LogP contribution in [0.4, 0.5) is 5.82 Å². The van der Waals surface area contributed by atoms with Gasteiger partial charge in [-0.25, -0.2) is 4.98 Å². The molecule has 0 fully saturated rings. The van der Waals surface area contributed by atoms with Crippen molar-refractivity contribution in [1.29, 1.82) is 0 Å². The zero-order chi connectivity index (χ0) is 11.1. The molecule has 0 saturated carbocycles. The summed E-state index contributed by atoms with van der Waals surface area (Å²) < 4.78 is 6.76. The maximum Gasteiger partial charge on any atom is 0.159 e. The van der Waals surface area contributed by atoms with Gasteiger partial charge in [-0.2, -0.15) is 9.61 Å². The molecule has 0 aromatic carbocycles. The number of nitrogens with two attached hydrogens (primary N) is 1. The molecule has 0 unspecified atom stereocenters. The summed E-state index contributed by atoms with van der Waals surface area (Å²) in [7, 11) is 0. The average molecular weight is 235 g/mol. The lowest BCUT2D eigenvalue weighted by atomic mass is 10.3. The largest absolute Gasteiger partial charge is 0.463 e. The summed E-state index contributed by atoms with van der Waals surface area (Å²) in [6.45, 7) is 0. The van der Waals surface area contributed by atoms with Crippen molar-refractivity contribution in [3.63, 3.8) is 0 Å². The maximum absolute atomic E-state index is 5.80. The SMILES string of the molecule is Nc1cc(Cl)nc2cc(-c3ccco3)nn12. The van der Waals surface area contributed by atoms with Crippen LogP contribution in [-0.2, 0) is 0 Å². The van der Waals surface area contributed by atoms with Gasteiger partial charge in [-0.3, -0.25) is 0 Å². The molecule has 80 valence electrons. The highest BCUT2D eigenvalue weighted by molar-refractivity contribution is 6.29. The number of anilines is 1. The Hall–Kier alpha value is -2.01. The van der Waals surface area contributed by atoms with Crippen LogP contribution < -0.4 is 5.73 Å². The van der Waals surface area contributed by atoms with Crippen molar-refractivity contribution in [3.05, 3.63) is 35.7 Å². The van der Waals surface area contributed by atoms with Crippen molar-refractivity contribution in [3.8, 4) is 11.5 Å². The third kappa shape index (κ3) is 1.33. The molecule has 0 aliphatic rings. The van der Waals surface area contributed by atoms with E-state index in [4.69, 9.17) is 21.8 Å². The molecule has 3 aromatic rings. The number of fused-ring (bicyclic) bond motifs is 1. The topological polar surface area (TPSA) is 69.3 Å². The van der Waals surface area contributed by atoms with E-state index in [1.807, 2.05) is 6.07 Å². The van der Waals surface area contributed by atoms with Gasteiger partial charge in [-0.15, -0.1) is 0 Å². The van der Waals surface area contributed by atoms with E-state index in [1.165, 1.54) is 4.52 Å². The predicted octanol–water partition coefficient (Wildman–Crippen LogP) is 2.22. The molecule has 0 spiro atoms. The molecule has 0 saturated heterocycles. The van der Waals surface area contributed by atoms with E-state index in [0.29, 0.717) is 28.1 Å². The number of furan rings is 1. The van der Waals surface area contributed by atoms with Gasteiger partial charge in [0.05, 0.1) is 6.26 Å². The second-order valence-electron chi connectivity index (χ2n) is 3.28. The van der Waals surface area contributed by atoms with E-state index in [0.717, 1.165) is 0 Å². The number of nitrogen functional groups attached to an aromatic ring is 1. The molecule has 3 rings (SSSR count). The van der Waals surface area contributed by atoms with Gasteiger partial charge >= 0.3 is 0 Å². The molecule has 3 heterocycles. The van der Waals surface area contributed by atoms with Gasteiger partial charge in [0.15, 0.2) is 11.4 Å². The molecule has 5 nitrogen and oxygen atoms in total. The lowest BCUT2D eigenvalue weighted by Gasteiger charge is -1.97. The van der Waals surface area contributed by atoms with Crippen LogP contribution in [0.2, 0.25) is 5.15 Å². The van der Waals surface area contributed by atoms with Crippen molar-refractivity contribution in [2.24, 2.45) is 0 Å². The van der Waals surface area contributed by atoms with Crippen LogP contribution >= 0.6 is 11.6 Å². The fourth-order valence-corrected chi connectivity index (χ4v) is 1.71. The Morgan fingerprint density at radius 3 is 3.00 bits per heavy atom. The number of hydrogen-bond acceptors (Lipinski definition) is 4. The van der Waals surface area contributed by atoms with Crippen LogP contribution in [0.5, 0.6) is 0 Å². The fourth-order valence-electron chi connectivity index (χ4n) is 1.51. The smallest absolute Gasteiger partial charge is 0.159 e. The number of rotatable bonds is 1. The van der Waals surface area contributed by atoms with Crippen molar-refractivity contribution in [1.82, 2.24) is 14.6 Å². The van der Waals surface area contributed by atoms with Gasteiger partial charge < -0.3 is 10.2 Å². The Balaban J connectivity index is 2.27. The molecular formula is C10H7ClN4O. The van der Waals surface area contributed by atoms with Crippen molar-refractivity contribution in [2.75, 3.05) is 5.73 Å². The standard InChI is InChI=1S/C10H7ClN4O/c11-8-5-9(12)15-10(13-8)4-6(14-15)7-2-1-3-16-7/h1-5H,12H2. The van der Waals surface area contributed by atoms with Crippen LogP contribution in [-0.4, -0.2) is 14.6 Å². The minimum Gasteiger partial charge on any atom is -0.463 e. The fraction of sp³-hybridized carbons (Fsp3) is 0. The Kier molecular flexibility index (Phi) is 1.87. The third-order valence-electron chi connectivity index (χ3n) is 2.20. The first-order valence-electron chi connectivity index (χ1n) is 4.60. The first-order valence-corrected chi connectivity index (χ1v) is 4.97. The molecule has 3 aromatic heterocycles. The molecule has 0 radical (unpaired) electrons. The van der Waals surface area contributed by atoms with Gasteiger partial charge in [-0.1, -0.05) is 11.6 Å². The normalized spacial score (nSPS) is 11.1. The van der Waals surface area contributed by atoms with Crippen molar-refractivity contribution in [2.45, 2.75) is 0 Å². The summed E-state index contributed by atoms with van der Waals surface area (Å²) in [5.41, 5.74) is 7.04. The average Bonchev–Trinajstić information content (AvgIpc) is 2.82. The minimum atomic E-state index is 0.343. The summed E-state index contributed by atoms with van der Waals surface area (Å²) in [5.74, 6) is 1.11. The van der Waals surface area contributed by atoms with Gasteiger partial charge in [-0.05, 0) is 12.1 Å². The zero-order valence-electron chi connectivity index (χ0n) is 8.09. The predicted molar refractivity (Wildman–Crippen MR) is 60.1 cm³/mol. The molecule has 0 amide bonds. The Morgan fingerprint density at radius 2 is 2.25 bits per heavy atom. The van der Waals surface area contributed by atoms with E-state index in [-0.39, 0.29) is 0 Å². The minimum absolute atomic E-state index is 0.343. The molecule has 0 bridgehead atoms. The second kappa shape index (κ2) is 3.24. The highest BCUT2D eigenvalue weighted by Gasteiger charge is 2.09. The first-order chi connectivity index (χ1) is 7.74. The zero-order valence-corrected chi connectivity index (χ0v) is 8.85. The summed E-state index contributed by atoms with van der Waals surface area (Å²) in [6.07, 6.45) is 1.59. The summed E-state index contributed by atoms with van der Waals surface area (Å²) in [6, 6.07) is 6.93. The van der Waals surface area contributed by atoms with Crippen LogP contribution in [0, 0.1) is 0 Å². The lowest BCUT2D eigenvalue weighted by Crippen LogP contribution is -1.99. The quantitative estimate of drug-likeness (QED) is 0.656. The molecule has 2 N–H and O–H groups in total. The third-order valence-corrected chi connectivity index (χ3v) is 2.39. The van der Waals surface area contributed by atoms with E-state index in [2.05, 4.69) is 10.1 Å². The molecular weight excluding hydrogens is 228 g/mol. The van der Waals surface area contributed by atoms with Gasteiger partial charge in [0.2, 0.25) is 0 Å². The number of hydrogen-bond donors (Lipinski definition) is 1. The Labute approximate surface area is 95.5 Å². The van der Waals surface area contributed by atoms with Crippen LogP contribution in [0.3, 0.4) is 0 Å². The van der Waals surface area contributed by atoms with Crippen LogP contribution in [0.15, 0.2) is 34.9 Å². The van der Waals surface area contributed by atoms with Crippen LogP contribution in [0.1, 0.15) is 0 Å². The summed E-state index contributed by atoms with van der Waals surface area (Å²) in [4.78, 5) is 4.11. The summed E-state index contributed by atoms with van der Waals surface area (Å²) >= 11 is 5.80. The highest BCUT2D eigenvalue weighted by Crippen LogP contribution is 2.22. The number of aromatic nitrogens is 3. The van der Waals surface area contributed by atoms with E-state index in [1.54, 1.807) is 24.5 Å². The number of nitrogens with zero attached hydrogens (tertiary/aromatic N) is 3. The van der Waals surface area contributed by atoms with E-state index < -0.39 is 0 Å². The molecule has 16 heavy (non-hydrogen) atoms. The first kappa shape index (κ1) is 9.23. The van der Waals surface area contributed by atoms with Crippen molar-refractivity contribution < 1.29 is 4.42 Å². The molecule has 0 aliphatic heterocycles. The van der Waals surface area contributed by atoms with E-state index in [9.17, 15) is 0 Å². The second-order valence-corrected chi connectivity index (χ2v) is 3.67. The molecule has 0 aliphatic carbocycles.